The average molecular weight is 661 g/mol. The van der Waals surface area contributed by atoms with Gasteiger partial charge in [-0.2, -0.15) is 0 Å². The van der Waals surface area contributed by atoms with Crippen molar-refractivity contribution in [1.29, 1.82) is 0 Å². The van der Waals surface area contributed by atoms with Crippen LogP contribution in [0.1, 0.15) is 62.3 Å². The second-order valence-corrected chi connectivity index (χ2v) is 13.3. The van der Waals surface area contributed by atoms with E-state index in [0.29, 0.717) is 38.6 Å². The molecule has 8 nitrogen and oxygen atoms in total. The molecule has 6 atom stereocenters. The molecule has 2 heterocycles. The lowest BCUT2D eigenvalue weighted by Gasteiger charge is -2.37. The van der Waals surface area contributed by atoms with Crippen molar-refractivity contribution in [3.05, 3.63) is 107 Å². The number of halogens is 2. The maximum absolute atomic E-state index is 14.4. The van der Waals surface area contributed by atoms with Gasteiger partial charge in [-0.3, -0.25) is 14.4 Å². The third kappa shape index (κ3) is 7.93. The normalized spacial score (nSPS) is 21.6. The Morgan fingerprint density at radius 3 is 2.35 bits per heavy atom. The van der Waals surface area contributed by atoms with Gasteiger partial charge in [-0.15, -0.1) is 0 Å². The Kier molecular flexibility index (Phi) is 11.3. The molecule has 5 rings (SSSR count). The minimum atomic E-state index is -1.14. The quantitative estimate of drug-likeness (QED) is 0.220. The van der Waals surface area contributed by atoms with Crippen molar-refractivity contribution < 1.29 is 28.3 Å². The summed E-state index contributed by atoms with van der Waals surface area (Å²) < 4.78 is 28.6. The van der Waals surface area contributed by atoms with Crippen LogP contribution in [0.3, 0.4) is 0 Å². The van der Waals surface area contributed by atoms with E-state index in [4.69, 9.17) is 0 Å². The topological polar surface area (TPSA) is 111 Å². The summed E-state index contributed by atoms with van der Waals surface area (Å²) in [5.74, 6) is -2.78. The SMILES string of the molecule is CC[C@@H](C)[C@@]1(NC(C)=O)CCN([C@@H](CCc2ccccc2)C(=O)N[C@@H](Cc2cc(F)cc(F)c2)[C@H](O)[C@@H]2Cc3ccccc3CN2)C1=O. The molecule has 0 bridgehead atoms. The van der Waals surface area contributed by atoms with Gasteiger partial charge < -0.3 is 26.0 Å². The van der Waals surface area contributed by atoms with Gasteiger partial charge >= 0.3 is 0 Å². The van der Waals surface area contributed by atoms with E-state index >= 15 is 0 Å². The maximum Gasteiger partial charge on any atom is 0.249 e. The van der Waals surface area contributed by atoms with Crippen LogP contribution in [0.5, 0.6) is 0 Å². The molecule has 0 unspecified atom stereocenters. The second-order valence-electron chi connectivity index (χ2n) is 13.3. The number of nitrogens with zero attached hydrogens (tertiary/aromatic N) is 1. The predicted molar refractivity (Wildman–Crippen MR) is 180 cm³/mol. The van der Waals surface area contributed by atoms with Gasteiger partial charge in [0.25, 0.3) is 0 Å². The van der Waals surface area contributed by atoms with Crippen LogP contribution in [0.25, 0.3) is 0 Å². The van der Waals surface area contributed by atoms with Crippen molar-refractivity contribution >= 4 is 17.7 Å². The average Bonchev–Trinajstić information content (AvgIpc) is 3.38. The number of carbonyl (C=O) groups excluding carboxylic acids is 3. The lowest BCUT2D eigenvalue weighted by Crippen LogP contribution is -2.61. The Bertz CT molecular complexity index is 1580. The van der Waals surface area contributed by atoms with E-state index in [2.05, 4.69) is 16.0 Å². The molecule has 10 heteroatoms. The number of hydrogen-bond donors (Lipinski definition) is 4. The molecule has 1 fully saturated rings. The number of carbonyl (C=O) groups is 3. The number of fused-ring (bicyclic) bond motifs is 1. The van der Waals surface area contributed by atoms with Gasteiger partial charge in [-0.25, -0.2) is 8.78 Å². The van der Waals surface area contributed by atoms with Crippen LogP contribution < -0.4 is 16.0 Å². The Morgan fingerprint density at radius 2 is 1.69 bits per heavy atom. The van der Waals surface area contributed by atoms with Gasteiger partial charge in [-0.1, -0.05) is 74.9 Å². The fourth-order valence-electron chi connectivity index (χ4n) is 7.31. The number of amides is 3. The smallest absolute Gasteiger partial charge is 0.249 e. The number of nitrogens with one attached hydrogen (secondary N) is 3. The summed E-state index contributed by atoms with van der Waals surface area (Å²) in [7, 11) is 0. The van der Waals surface area contributed by atoms with Crippen molar-refractivity contribution in [2.45, 2.75) is 95.6 Å². The third-order valence-electron chi connectivity index (χ3n) is 10.1. The van der Waals surface area contributed by atoms with Gasteiger partial charge in [0.15, 0.2) is 0 Å². The molecule has 0 radical (unpaired) electrons. The Hall–Kier alpha value is -4.15. The van der Waals surface area contributed by atoms with E-state index in [-0.39, 0.29) is 36.3 Å². The Morgan fingerprint density at radius 1 is 1.02 bits per heavy atom. The summed E-state index contributed by atoms with van der Waals surface area (Å²) in [6.07, 6.45) is 1.14. The predicted octanol–water partition coefficient (Wildman–Crippen LogP) is 4.22. The first kappa shape index (κ1) is 35.2. The van der Waals surface area contributed by atoms with Gasteiger partial charge in [0, 0.05) is 32.1 Å². The largest absolute Gasteiger partial charge is 0.389 e. The fraction of sp³-hybridized carbons (Fsp3) is 0.447. The zero-order valence-electron chi connectivity index (χ0n) is 27.8. The molecule has 4 N–H and O–H groups in total. The molecule has 0 saturated carbocycles. The van der Waals surface area contributed by atoms with Crippen LogP contribution in [0.4, 0.5) is 8.78 Å². The Labute approximate surface area is 281 Å². The highest BCUT2D eigenvalue weighted by molar-refractivity contribution is 5.96. The van der Waals surface area contributed by atoms with Crippen molar-refractivity contribution in [2.75, 3.05) is 6.54 Å². The summed E-state index contributed by atoms with van der Waals surface area (Å²) >= 11 is 0. The highest BCUT2D eigenvalue weighted by Crippen LogP contribution is 2.34. The number of aliphatic hydroxyl groups is 1. The molecule has 0 spiro atoms. The summed E-state index contributed by atoms with van der Waals surface area (Å²) in [5, 5.41) is 21.1. The van der Waals surface area contributed by atoms with E-state index in [1.807, 2.05) is 68.4 Å². The monoisotopic (exact) mass is 660 g/mol. The molecule has 2 aliphatic heterocycles. The van der Waals surface area contributed by atoms with Crippen molar-refractivity contribution in [3.63, 3.8) is 0 Å². The zero-order valence-corrected chi connectivity index (χ0v) is 27.8. The second kappa shape index (κ2) is 15.4. The number of likely N-dealkylation sites (tertiary alicyclic amines) is 1. The van der Waals surface area contributed by atoms with Crippen molar-refractivity contribution in [1.82, 2.24) is 20.9 Å². The van der Waals surface area contributed by atoms with E-state index in [1.165, 1.54) is 19.1 Å². The molecule has 1 saturated heterocycles. The number of aliphatic hydroxyl groups excluding tert-OH is 1. The Balaban J connectivity index is 1.45. The molecule has 3 aromatic carbocycles. The first-order valence-electron chi connectivity index (χ1n) is 16.9. The maximum atomic E-state index is 14.4. The van der Waals surface area contributed by atoms with E-state index in [1.54, 1.807) is 4.90 Å². The van der Waals surface area contributed by atoms with Crippen LogP contribution >= 0.6 is 0 Å². The van der Waals surface area contributed by atoms with Crippen LogP contribution in [0.2, 0.25) is 0 Å². The van der Waals surface area contributed by atoms with Gasteiger partial charge in [-0.05, 0) is 72.4 Å². The summed E-state index contributed by atoms with van der Waals surface area (Å²) in [4.78, 5) is 42.5. The standard InChI is InChI=1S/C38H46F2N4O4/c1-4-24(2)38(43-25(3)45)16-17-44(37(38)48)34(15-14-26-10-6-5-7-11-26)36(47)42-33(20-27-18-30(39)22-31(40)19-27)35(46)32-21-28-12-8-9-13-29(28)23-41-32/h5-13,18-19,22,24,32-35,41,46H,4,14-17,20-21,23H2,1-3H3,(H,42,47)(H,43,45)/t24-,32+,33+,34+,35-,38+/m1/s1. The molecule has 0 aromatic heterocycles. The third-order valence-corrected chi connectivity index (χ3v) is 10.1. The van der Waals surface area contributed by atoms with Crippen molar-refractivity contribution in [3.8, 4) is 0 Å². The molecule has 3 aromatic rings. The first-order valence-corrected chi connectivity index (χ1v) is 16.9. The summed E-state index contributed by atoms with van der Waals surface area (Å²) in [5.41, 5.74) is 2.33. The number of aryl methyl sites for hydroxylation is 1. The molecule has 0 aliphatic carbocycles. The molecule has 48 heavy (non-hydrogen) atoms. The van der Waals surface area contributed by atoms with Crippen LogP contribution in [0, 0.1) is 17.6 Å². The van der Waals surface area contributed by atoms with E-state index in [0.717, 1.165) is 22.8 Å². The first-order chi connectivity index (χ1) is 23.0. The molecular formula is C38H46F2N4O4. The van der Waals surface area contributed by atoms with Crippen LogP contribution in [0.15, 0.2) is 72.8 Å². The van der Waals surface area contributed by atoms with Crippen molar-refractivity contribution in [2.24, 2.45) is 5.92 Å². The van der Waals surface area contributed by atoms with Gasteiger partial charge in [0.1, 0.15) is 23.2 Å². The zero-order chi connectivity index (χ0) is 34.4. The molecular weight excluding hydrogens is 614 g/mol. The fourth-order valence-corrected chi connectivity index (χ4v) is 7.31. The summed E-state index contributed by atoms with van der Waals surface area (Å²) in [6.45, 7) is 6.06. The highest BCUT2D eigenvalue weighted by Gasteiger charge is 2.53. The number of benzene rings is 3. The van der Waals surface area contributed by atoms with E-state index < -0.39 is 47.3 Å². The summed E-state index contributed by atoms with van der Waals surface area (Å²) in [6, 6.07) is 18.4. The number of hydrogen-bond acceptors (Lipinski definition) is 5. The van der Waals surface area contributed by atoms with Gasteiger partial charge in [0.2, 0.25) is 17.7 Å². The highest BCUT2D eigenvalue weighted by atomic mass is 19.1. The minimum absolute atomic E-state index is 0.0382. The van der Waals surface area contributed by atoms with Crippen LogP contribution in [-0.2, 0) is 40.2 Å². The van der Waals surface area contributed by atoms with Gasteiger partial charge in [0.05, 0.1) is 12.1 Å². The lowest BCUT2D eigenvalue weighted by atomic mass is 9.81. The van der Waals surface area contributed by atoms with E-state index in [9.17, 15) is 28.3 Å². The minimum Gasteiger partial charge on any atom is -0.389 e. The molecule has 2 aliphatic rings. The lowest BCUT2D eigenvalue weighted by molar-refractivity contribution is -0.144. The number of rotatable bonds is 13. The molecule has 256 valence electrons. The molecule has 3 amide bonds. The van der Waals surface area contributed by atoms with Crippen LogP contribution in [-0.4, -0.2) is 64.0 Å².